The molecule has 1 N–H and O–H groups in total. The van der Waals surface area contributed by atoms with Crippen LogP contribution >= 0.6 is 0 Å². The van der Waals surface area contributed by atoms with Gasteiger partial charge in [0.2, 0.25) is 10.0 Å². The average Bonchev–Trinajstić information content (AvgIpc) is 3.35. The maximum Gasteiger partial charge on any atom is 0.260 e. The number of hydrogen-bond acceptors (Lipinski definition) is 7. The number of aryl methyl sites for hydroxylation is 1. The molecule has 0 unspecified atom stereocenters. The van der Waals surface area contributed by atoms with E-state index in [2.05, 4.69) is 15.0 Å². The van der Waals surface area contributed by atoms with Crippen molar-refractivity contribution in [3.8, 4) is 11.3 Å². The Morgan fingerprint density at radius 2 is 1.63 bits per heavy atom. The maximum absolute atomic E-state index is 13.1. The Morgan fingerprint density at radius 1 is 0.967 bits per heavy atom. The highest BCUT2D eigenvalue weighted by Gasteiger charge is 2.32. The van der Waals surface area contributed by atoms with Crippen molar-refractivity contribution in [2.45, 2.75) is 23.3 Å². The Kier molecular flexibility index (Phi) is 5.49. The zero-order valence-electron chi connectivity index (χ0n) is 16.2. The van der Waals surface area contributed by atoms with Gasteiger partial charge in [0.1, 0.15) is 12.0 Å². The topological polar surface area (TPSA) is 129 Å². The fourth-order valence-electron chi connectivity index (χ4n) is 3.32. The largest absolute Gasteiger partial charge is 0.449 e. The molecule has 0 radical (unpaired) electrons. The lowest BCUT2D eigenvalue weighted by molar-refractivity contribution is 0.403. The van der Waals surface area contributed by atoms with Gasteiger partial charge in [0.25, 0.3) is 10.0 Å². The number of aromatic nitrogens is 3. The van der Waals surface area contributed by atoms with Crippen molar-refractivity contribution < 1.29 is 21.3 Å². The van der Waals surface area contributed by atoms with E-state index in [0.717, 1.165) is 5.56 Å². The predicted octanol–water partition coefficient (Wildman–Crippen LogP) is 1.46. The number of rotatable bonds is 5. The van der Waals surface area contributed by atoms with Crippen LogP contribution in [0.1, 0.15) is 12.3 Å². The number of hydrogen-bond donors (Lipinski definition) is 1. The highest BCUT2D eigenvalue weighted by atomic mass is 32.2. The van der Waals surface area contributed by atoms with E-state index < -0.39 is 20.0 Å². The summed E-state index contributed by atoms with van der Waals surface area (Å²) in [6.45, 7) is 2.34. The second kappa shape index (κ2) is 7.95. The minimum Gasteiger partial charge on any atom is -0.449 e. The third-order valence-electron chi connectivity index (χ3n) is 4.91. The van der Waals surface area contributed by atoms with Crippen molar-refractivity contribution in [2.24, 2.45) is 0 Å². The minimum atomic E-state index is -3.75. The van der Waals surface area contributed by atoms with Gasteiger partial charge in [0, 0.05) is 38.7 Å². The number of imidazole rings is 1. The Morgan fingerprint density at radius 3 is 2.20 bits per heavy atom. The standard InChI is InChI=1S/C18H21N5O5S2/c1-14-21-17(12-28-14)15-3-5-16(6-4-15)29(24,25)22-7-2-8-23(10-9-22)30(26,27)18-11-19-13-20-18/h3-6,11-13H,2,7-10H2,1H3,(H,19,20). The van der Waals surface area contributed by atoms with Gasteiger partial charge in [-0.25, -0.2) is 26.8 Å². The smallest absolute Gasteiger partial charge is 0.260 e. The molecule has 0 amide bonds. The van der Waals surface area contributed by atoms with Crippen LogP contribution in [0.5, 0.6) is 0 Å². The molecule has 160 valence electrons. The van der Waals surface area contributed by atoms with E-state index in [-0.39, 0.29) is 36.1 Å². The molecule has 2 aromatic heterocycles. The molecule has 0 aliphatic carbocycles. The van der Waals surface area contributed by atoms with E-state index in [1.54, 1.807) is 19.1 Å². The van der Waals surface area contributed by atoms with E-state index in [1.807, 2.05) is 0 Å². The van der Waals surface area contributed by atoms with Gasteiger partial charge in [-0.15, -0.1) is 0 Å². The third kappa shape index (κ3) is 3.90. The van der Waals surface area contributed by atoms with Crippen molar-refractivity contribution in [3.63, 3.8) is 0 Å². The third-order valence-corrected chi connectivity index (χ3v) is 8.65. The van der Waals surface area contributed by atoms with Crippen LogP contribution in [-0.4, -0.2) is 66.6 Å². The number of aromatic amines is 1. The molecule has 4 rings (SSSR count). The molecule has 0 atom stereocenters. The molecule has 1 fully saturated rings. The fraction of sp³-hybridized carbons (Fsp3) is 0.333. The Balaban J connectivity index is 1.51. The van der Waals surface area contributed by atoms with Crippen molar-refractivity contribution in [1.29, 1.82) is 0 Å². The number of nitrogens with zero attached hydrogens (tertiary/aromatic N) is 4. The van der Waals surface area contributed by atoms with Crippen LogP contribution < -0.4 is 0 Å². The highest BCUT2D eigenvalue weighted by molar-refractivity contribution is 7.89. The van der Waals surface area contributed by atoms with Gasteiger partial charge in [0.05, 0.1) is 17.4 Å². The van der Waals surface area contributed by atoms with E-state index in [9.17, 15) is 16.8 Å². The number of H-pyrrole nitrogens is 1. The normalized spacial score (nSPS) is 17.1. The first kappa shape index (κ1) is 20.7. The molecule has 0 bridgehead atoms. The van der Waals surface area contributed by atoms with Crippen LogP contribution in [0.15, 0.2) is 57.4 Å². The number of benzene rings is 1. The molecule has 1 aliphatic heterocycles. The lowest BCUT2D eigenvalue weighted by Crippen LogP contribution is -2.37. The summed E-state index contributed by atoms with van der Waals surface area (Å²) in [6.07, 6.45) is 4.45. The highest BCUT2D eigenvalue weighted by Crippen LogP contribution is 2.24. The molecular formula is C18H21N5O5S2. The summed E-state index contributed by atoms with van der Waals surface area (Å²) in [5.74, 6) is 0.529. The zero-order valence-corrected chi connectivity index (χ0v) is 17.9. The Bertz CT molecular complexity index is 1220. The van der Waals surface area contributed by atoms with E-state index in [1.165, 1.54) is 39.5 Å². The number of oxazole rings is 1. The van der Waals surface area contributed by atoms with Gasteiger partial charge in [-0.3, -0.25) is 0 Å². The van der Waals surface area contributed by atoms with Crippen molar-refractivity contribution in [2.75, 3.05) is 26.2 Å². The number of nitrogens with one attached hydrogen (secondary N) is 1. The molecule has 10 nitrogen and oxygen atoms in total. The fourth-order valence-corrected chi connectivity index (χ4v) is 6.15. The first-order chi connectivity index (χ1) is 14.3. The van der Waals surface area contributed by atoms with Gasteiger partial charge in [0.15, 0.2) is 10.9 Å². The summed E-state index contributed by atoms with van der Waals surface area (Å²) < 4.78 is 59.3. The monoisotopic (exact) mass is 451 g/mol. The Labute approximate surface area is 174 Å². The van der Waals surface area contributed by atoms with Crippen molar-refractivity contribution in [3.05, 3.63) is 48.9 Å². The maximum atomic E-state index is 13.1. The first-order valence-electron chi connectivity index (χ1n) is 9.30. The zero-order chi connectivity index (χ0) is 21.4. The average molecular weight is 452 g/mol. The molecule has 0 spiro atoms. The van der Waals surface area contributed by atoms with Gasteiger partial charge >= 0.3 is 0 Å². The van der Waals surface area contributed by atoms with Crippen LogP contribution in [0, 0.1) is 6.92 Å². The molecule has 30 heavy (non-hydrogen) atoms. The lowest BCUT2D eigenvalue weighted by atomic mass is 10.2. The summed E-state index contributed by atoms with van der Waals surface area (Å²) in [5, 5.41) is -0.00233. The SMILES string of the molecule is Cc1nc(-c2ccc(S(=O)(=O)N3CCCN(S(=O)(=O)c4cnc[nH]4)CC3)cc2)co1. The quantitative estimate of drug-likeness (QED) is 0.621. The molecule has 1 aliphatic rings. The summed E-state index contributed by atoms with van der Waals surface area (Å²) in [6, 6.07) is 6.41. The van der Waals surface area contributed by atoms with E-state index in [0.29, 0.717) is 18.0 Å². The van der Waals surface area contributed by atoms with Crippen LogP contribution in [0.2, 0.25) is 0 Å². The molecule has 1 aromatic carbocycles. The molecule has 12 heteroatoms. The van der Waals surface area contributed by atoms with Gasteiger partial charge < -0.3 is 9.40 Å². The molecule has 3 aromatic rings. The molecule has 0 saturated carbocycles. The Hall–Kier alpha value is -2.54. The van der Waals surface area contributed by atoms with E-state index in [4.69, 9.17) is 4.42 Å². The van der Waals surface area contributed by atoms with Crippen molar-refractivity contribution in [1.82, 2.24) is 23.6 Å². The summed E-state index contributed by atoms with van der Waals surface area (Å²) in [7, 11) is -7.49. The van der Waals surface area contributed by atoms with Crippen LogP contribution in [0.25, 0.3) is 11.3 Å². The summed E-state index contributed by atoms with van der Waals surface area (Å²) in [5.41, 5.74) is 1.38. The predicted molar refractivity (Wildman–Crippen MR) is 107 cm³/mol. The van der Waals surface area contributed by atoms with E-state index >= 15 is 0 Å². The van der Waals surface area contributed by atoms with Gasteiger partial charge in [-0.1, -0.05) is 12.1 Å². The molecular weight excluding hydrogens is 430 g/mol. The lowest BCUT2D eigenvalue weighted by Gasteiger charge is -2.21. The first-order valence-corrected chi connectivity index (χ1v) is 12.2. The summed E-state index contributed by atoms with van der Waals surface area (Å²) >= 11 is 0. The molecule has 3 heterocycles. The summed E-state index contributed by atoms with van der Waals surface area (Å²) in [4.78, 5) is 10.7. The minimum absolute atomic E-state index is 0.00233. The second-order valence-electron chi connectivity index (χ2n) is 6.85. The van der Waals surface area contributed by atoms with Gasteiger partial charge in [-0.2, -0.15) is 8.61 Å². The van der Waals surface area contributed by atoms with Gasteiger partial charge in [-0.05, 0) is 18.6 Å². The van der Waals surface area contributed by atoms with Crippen LogP contribution in [0.3, 0.4) is 0 Å². The second-order valence-corrected chi connectivity index (χ2v) is 10.7. The molecule has 1 saturated heterocycles. The number of sulfonamides is 2. The van der Waals surface area contributed by atoms with Crippen LogP contribution in [-0.2, 0) is 20.0 Å². The van der Waals surface area contributed by atoms with Crippen molar-refractivity contribution >= 4 is 20.0 Å². The van der Waals surface area contributed by atoms with Crippen LogP contribution in [0.4, 0.5) is 0 Å².